The summed E-state index contributed by atoms with van der Waals surface area (Å²) in [6.45, 7) is 1.96. The average molecular weight is 462 g/mol. The molecule has 0 aliphatic heterocycles. The molecule has 6 heteroatoms. The summed E-state index contributed by atoms with van der Waals surface area (Å²) in [6.07, 6.45) is 3.23. The zero-order chi connectivity index (χ0) is 21.1. The van der Waals surface area contributed by atoms with Crippen molar-refractivity contribution in [1.82, 2.24) is 9.97 Å². The maximum Gasteiger partial charge on any atom is 0.248 e. The molecular weight excluding hydrogens is 442 g/mol. The summed E-state index contributed by atoms with van der Waals surface area (Å²) in [5.74, 6) is 1.24. The predicted molar refractivity (Wildman–Crippen MR) is 125 cm³/mol. The van der Waals surface area contributed by atoms with E-state index < -0.39 is 0 Å². The molecule has 0 aliphatic rings. The second kappa shape index (κ2) is 8.55. The Hall–Kier alpha value is -3.38. The van der Waals surface area contributed by atoms with Crippen LogP contribution in [-0.2, 0) is 4.79 Å². The van der Waals surface area contributed by atoms with E-state index in [1.54, 1.807) is 13.2 Å². The molecule has 150 valence electrons. The largest absolute Gasteiger partial charge is 0.496 e. The monoisotopic (exact) mass is 461 g/mol. The van der Waals surface area contributed by atoms with Gasteiger partial charge >= 0.3 is 0 Å². The summed E-state index contributed by atoms with van der Waals surface area (Å²) < 4.78 is 6.26. The quantitative estimate of drug-likeness (QED) is 0.360. The third-order valence-electron chi connectivity index (χ3n) is 4.76. The molecule has 4 aromatic rings. The number of rotatable bonds is 5. The van der Waals surface area contributed by atoms with Crippen molar-refractivity contribution in [2.75, 3.05) is 12.4 Å². The highest BCUT2D eigenvalue weighted by Crippen LogP contribution is 2.26. The van der Waals surface area contributed by atoms with E-state index in [0.717, 1.165) is 43.7 Å². The highest BCUT2D eigenvalue weighted by Gasteiger charge is 2.09. The van der Waals surface area contributed by atoms with Crippen molar-refractivity contribution in [3.63, 3.8) is 0 Å². The van der Waals surface area contributed by atoms with Crippen LogP contribution in [0, 0.1) is 6.92 Å². The van der Waals surface area contributed by atoms with Crippen LogP contribution < -0.4 is 10.1 Å². The van der Waals surface area contributed by atoms with Crippen molar-refractivity contribution in [2.24, 2.45) is 0 Å². The molecule has 0 saturated carbocycles. The second-order valence-electron chi connectivity index (χ2n) is 6.84. The van der Waals surface area contributed by atoms with E-state index in [1.807, 2.05) is 67.6 Å². The first kappa shape index (κ1) is 19.9. The number of H-pyrrole nitrogens is 1. The molecule has 0 atom stereocenters. The number of nitrogens with one attached hydrogen (secondary N) is 2. The number of carbonyl (C=O) groups excluding carboxylic acids is 1. The molecule has 2 N–H and O–H groups in total. The van der Waals surface area contributed by atoms with Crippen LogP contribution in [0.2, 0.25) is 0 Å². The van der Waals surface area contributed by atoms with Gasteiger partial charge < -0.3 is 15.0 Å². The normalized spacial score (nSPS) is 11.2. The van der Waals surface area contributed by atoms with Crippen LogP contribution in [0.4, 0.5) is 5.69 Å². The van der Waals surface area contributed by atoms with Gasteiger partial charge in [0.2, 0.25) is 5.91 Å². The Bertz CT molecular complexity index is 1230. The minimum absolute atomic E-state index is 0.220. The minimum Gasteiger partial charge on any atom is -0.496 e. The fraction of sp³-hybridized carbons (Fsp3) is 0.0833. The lowest BCUT2D eigenvalue weighted by Gasteiger charge is -2.09. The number of nitrogens with zero attached hydrogens (tertiary/aromatic N) is 1. The van der Waals surface area contributed by atoms with Gasteiger partial charge in [-0.25, -0.2) is 4.98 Å². The molecule has 0 spiro atoms. The Morgan fingerprint density at radius 2 is 1.97 bits per heavy atom. The van der Waals surface area contributed by atoms with Gasteiger partial charge in [0, 0.05) is 27.4 Å². The van der Waals surface area contributed by atoms with Gasteiger partial charge in [0.15, 0.2) is 0 Å². The topological polar surface area (TPSA) is 67.0 Å². The molecule has 1 amide bonds. The maximum absolute atomic E-state index is 12.5. The van der Waals surface area contributed by atoms with Crippen LogP contribution in [0.3, 0.4) is 0 Å². The van der Waals surface area contributed by atoms with Gasteiger partial charge in [0.05, 0.1) is 18.1 Å². The number of amides is 1. The summed E-state index contributed by atoms with van der Waals surface area (Å²) in [4.78, 5) is 20.5. The summed E-state index contributed by atoms with van der Waals surface area (Å²) >= 11 is 3.44. The lowest BCUT2D eigenvalue weighted by atomic mass is 10.1. The Morgan fingerprint density at radius 3 is 2.77 bits per heavy atom. The van der Waals surface area contributed by atoms with Crippen LogP contribution in [0.1, 0.15) is 11.1 Å². The Morgan fingerprint density at radius 1 is 1.13 bits per heavy atom. The number of hydrogen-bond donors (Lipinski definition) is 2. The number of ether oxygens (including phenoxy) is 1. The van der Waals surface area contributed by atoms with Crippen molar-refractivity contribution >= 4 is 44.6 Å². The molecule has 0 aliphatic carbocycles. The second-order valence-corrected chi connectivity index (χ2v) is 7.76. The van der Waals surface area contributed by atoms with Crippen molar-refractivity contribution in [2.45, 2.75) is 6.92 Å². The van der Waals surface area contributed by atoms with Crippen LogP contribution in [0.15, 0.2) is 71.2 Å². The van der Waals surface area contributed by atoms with Gasteiger partial charge in [-0.15, -0.1) is 0 Å². The van der Waals surface area contributed by atoms with E-state index in [2.05, 4.69) is 31.2 Å². The van der Waals surface area contributed by atoms with Gasteiger partial charge in [-0.05, 0) is 55.0 Å². The first-order valence-electron chi connectivity index (χ1n) is 9.42. The molecular formula is C24H20BrN3O2. The number of fused-ring (bicyclic) bond motifs is 1. The summed E-state index contributed by atoms with van der Waals surface area (Å²) in [5, 5.41) is 2.96. The van der Waals surface area contributed by atoms with Gasteiger partial charge in [0.1, 0.15) is 11.6 Å². The highest BCUT2D eigenvalue weighted by atomic mass is 79.9. The number of anilines is 1. The number of halogens is 1. The number of aromatic amines is 1. The number of carbonyl (C=O) groups is 1. The third kappa shape index (κ3) is 4.28. The van der Waals surface area contributed by atoms with Crippen LogP contribution in [0.25, 0.3) is 28.5 Å². The molecule has 1 aromatic heterocycles. The average Bonchev–Trinajstić information content (AvgIpc) is 3.18. The van der Waals surface area contributed by atoms with Gasteiger partial charge in [-0.2, -0.15) is 0 Å². The molecule has 0 unspecified atom stereocenters. The molecule has 5 nitrogen and oxygen atoms in total. The zero-order valence-electron chi connectivity index (χ0n) is 16.6. The fourth-order valence-corrected chi connectivity index (χ4v) is 3.55. The van der Waals surface area contributed by atoms with Crippen molar-refractivity contribution in [1.29, 1.82) is 0 Å². The third-order valence-corrected chi connectivity index (χ3v) is 5.26. The number of para-hydroxylation sites is 2. The molecule has 30 heavy (non-hydrogen) atoms. The summed E-state index contributed by atoms with van der Waals surface area (Å²) in [5.41, 5.74) is 5.31. The summed E-state index contributed by atoms with van der Waals surface area (Å²) in [7, 11) is 1.60. The highest BCUT2D eigenvalue weighted by molar-refractivity contribution is 9.10. The van der Waals surface area contributed by atoms with Gasteiger partial charge in [-0.1, -0.05) is 40.2 Å². The van der Waals surface area contributed by atoms with Crippen molar-refractivity contribution < 1.29 is 9.53 Å². The molecule has 4 rings (SSSR count). The standard InChI is InChI=1S/C24H20BrN3O2/c1-15-7-8-17(24-27-19-5-3-4-6-20(19)28-24)14-21(15)26-23(29)12-9-16-13-18(25)10-11-22(16)30-2/h3-14H,1-2H3,(H,26,29)(H,27,28)/b12-9+. The number of aromatic nitrogens is 2. The van der Waals surface area contributed by atoms with Crippen molar-refractivity contribution in [3.8, 4) is 17.1 Å². The van der Waals surface area contributed by atoms with Crippen LogP contribution in [-0.4, -0.2) is 23.0 Å². The number of aryl methyl sites for hydroxylation is 1. The molecule has 1 heterocycles. The SMILES string of the molecule is COc1ccc(Br)cc1/C=C/C(=O)Nc1cc(-c2nc3ccccc3[nH]2)ccc1C. The van der Waals surface area contributed by atoms with Crippen molar-refractivity contribution in [3.05, 3.63) is 82.3 Å². The fourth-order valence-electron chi connectivity index (χ4n) is 3.17. The summed E-state index contributed by atoms with van der Waals surface area (Å²) in [6, 6.07) is 19.4. The lowest BCUT2D eigenvalue weighted by Crippen LogP contribution is -2.09. The molecule has 3 aromatic carbocycles. The zero-order valence-corrected chi connectivity index (χ0v) is 18.2. The Kier molecular flexibility index (Phi) is 5.68. The van der Waals surface area contributed by atoms with Crippen LogP contribution >= 0.6 is 15.9 Å². The first-order valence-corrected chi connectivity index (χ1v) is 10.2. The number of benzene rings is 3. The van der Waals surface area contributed by atoms with E-state index in [0.29, 0.717) is 5.75 Å². The number of methoxy groups -OCH3 is 1. The van der Waals surface area contributed by atoms with Crippen LogP contribution in [0.5, 0.6) is 5.75 Å². The number of hydrogen-bond acceptors (Lipinski definition) is 3. The minimum atomic E-state index is -0.220. The lowest BCUT2D eigenvalue weighted by molar-refractivity contribution is -0.111. The Labute approximate surface area is 182 Å². The predicted octanol–water partition coefficient (Wildman–Crippen LogP) is 5.96. The van der Waals surface area contributed by atoms with E-state index in [4.69, 9.17) is 4.74 Å². The first-order chi connectivity index (χ1) is 14.5. The van der Waals surface area contributed by atoms with E-state index in [9.17, 15) is 4.79 Å². The molecule has 0 radical (unpaired) electrons. The van der Waals surface area contributed by atoms with E-state index in [1.165, 1.54) is 6.08 Å². The maximum atomic E-state index is 12.5. The van der Waals surface area contributed by atoms with Gasteiger partial charge in [-0.3, -0.25) is 4.79 Å². The van der Waals surface area contributed by atoms with E-state index >= 15 is 0 Å². The smallest absolute Gasteiger partial charge is 0.248 e. The molecule has 0 fully saturated rings. The Balaban J connectivity index is 1.56. The molecule has 0 saturated heterocycles. The number of imidazole rings is 1. The molecule has 0 bridgehead atoms. The van der Waals surface area contributed by atoms with E-state index in [-0.39, 0.29) is 5.91 Å². The van der Waals surface area contributed by atoms with Gasteiger partial charge in [0.25, 0.3) is 0 Å².